The minimum atomic E-state index is -1.08. The van der Waals surface area contributed by atoms with Gasteiger partial charge in [0.1, 0.15) is 0 Å². The van der Waals surface area contributed by atoms with Gasteiger partial charge in [-0.25, -0.2) is 4.79 Å². The van der Waals surface area contributed by atoms with E-state index < -0.39 is 5.97 Å². The van der Waals surface area contributed by atoms with Gasteiger partial charge in [-0.3, -0.25) is 9.78 Å². The van der Waals surface area contributed by atoms with Gasteiger partial charge in [0.25, 0.3) is 0 Å². The predicted octanol–water partition coefficient (Wildman–Crippen LogP) is 1.73. The number of carbonyl (C=O) groups is 2. The number of aromatic nitrogens is 1. The molecule has 1 unspecified atom stereocenters. The molecular formula is C14H21N3O3. The molecule has 0 saturated heterocycles. The molecule has 0 fully saturated rings. The molecular weight excluding hydrogens is 258 g/mol. The molecule has 0 aromatic carbocycles. The average Bonchev–Trinajstić information content (AvgIpc) is 2.37. The predicted molar refractivity (Wildman–Crippen MR) is 76.4 cm³/mol. The molecule has 0 aliphatic heterocycles. The van der Waals surface area contributed by atoms with Gasteiger partial charge in [-0.1, -0.05) is 13.8 Å². The molecule has 0 radical (unpaired) electrons. The number of nitrogens with zero attached hydrogens (tertiary/aromatic N) is 1. The van der Waals surface area contributed by atoms with Crippen LogP contribution in [-0.2, 0) is 4.79 Å². The van der Waals surface area contributed by atoms with E-state index in [0.717, 1.165) is 6.42 Å². The highest BCUT2D eigenvalue weighted by Gasteiger charge is 2.14. The molecule has 1 aromatic heterocycles. The maximum atomic E-state index is 11.9. The van der Waals surface area contributed by atoms with Crippen LogP contribution >= 0.6 is 0 Å². The third-order valence-electron chi connectivity index (χ3n) is 2.88. The van der Waals surface area contributed by atoms with Crippen molar-refractivity contribution in [1.82, 2.24) is 4.98 Å². The van der Waals surface area contributed by atoms with Gasteiger partial charge in [-0.2, -0.15) is 0 Å². The number of hydrogen-bond donors (Lipinski definition) is 3. The van der Waals surface area contributed by atoms with Crippen molar-refractivity contribution < 1.29 is 14.7 Å². The van der Waals surface area contributed by atoms with Crippen LogP contribution in [-0.4, -0.2) is 28.5 Å². The molecule has 110 valence electrons. The fraction of sp³-hybridized carbons (Fsp3) is 0.500. The molecule has 1 amide bonds. The van der Waals surface area contributed by atoms with Crippen LogP contribution in [0.15, 0.2) is 18.5 Å². The molecule has 4 N–H and O–H groups in total. The number of amides is 1. The molecule has 1 atom stereocenters. The van der Waals surface area contributed by atoms with Crippen molar-refractivity contribution in [2.75, 3.05) is 11.9 Å². The fourth-order valence-electron chi connectivity index (χ4n) is 2.03. The highest BCUT2D eigenvalue weighted by Crippen LogP contribution is 2.16. The van der Waals surface area contributed by atoms with Crippen LogP contribution in [0, 0.1) is 11.8 Å². The Morgan fingerprint density at radius 3 is 2.65 bits per heavy atom. The highest BCUT2D eigenvalue weighted by atomic mass is 16.4. The van der Waals surface area contributed by atoms with Crippen molar-refractivity contribution in [2.24, 2.45) is 17.6 Å². The second kappa shape index (κ2) is 7.59. The maximum Gasteiger partial charge on any atom is 0.337 e. The summed E-state index contributed by atoms with van der Waals surface area (Å²) < 4.78 is 0. The third kappa shape index (κ3) is 5.36. The fourth-order valence-corrected chi connectivity index (χ4v) is 2.03. The molecule has 0 saturated carbocycles. The van der Waals surface area contributed by atoms with Gasteiger partial charge in [0.05, 0.1) is 17.4 Å². The van der Waals surface area contributed by atoms with E-state index in [1.807, 2.05) is 0 Å². The maximum absolute atomic E-state index is 11.9. The lowest BCUT2D eigenvalue weighted by molar-refractivity contribution is -0.117. The second-order valence-corrected chi connectivity index (χ2v) is 5.25. The minimum Gasteiger partial charge on any atom is -0.478 e. The normalized spacial score (nSPS) is 12.2. The summed E-state index contributed by atoms with van der Waals surface area (Å²) in [7, 11) is 0. The topological polar surface area (TPSA) is 105 Å². The number of aromatic carboxylic acids is 1. The van der Waals surface area contributed by atoms with Crippen LogP contribution in [0.25, 0.3) is 0 Å². The zero-order chi connectivity index (χ0) is 15.1. The molecule has 0 aliphatic rings. The van der Waals surface area contributed by atoms with Crippen LogP contribution in [0.4, 0.5) is 5.69 Å². The molecule has 20 heavy (non-hydrogen) atoms. The molecule has 0 spiro atoms. The summed E-state index contributed by atoms with van der Waals surface area (Å²) in [6.07, 6.45) is 3.87. The number of nitrogens with two attached hydrogens (primary N) is 1. The van der Waals surface area contributed by atoms with Crippen LogP contribution < -0.4 is 11.1 Å². The van der Waals surface area contributed by atoms with Crippen LogP contribution in [0.5, 0.6) is 0 Å². The summed E-state index contributed by atoms with van der Waals surface area (Å²) in [5.74, 6) is -0.641. The highest BCUT2D eigenvalue weighted by molar-refractivity contribution is 5.93. The van der Waals surface area contributed by atoms with Crippen LogP contribution in [0.2, 0.25) is 0 Å². The standard InChI is InChI=1S/C14H21N3O3/c1-9(2)3-10(6-15)4-13(18)17-12-5-11(14(19)20)7-16-8-12/h5,7-10H,3-4,6,15H2,1-2H3,(H,17,18)(H,19,20). The Bertz CT molecular complexity index is 474. The van der Waals surface area contributed by atoms with Gasteiger partial charge >= 0.3 is 5.97 Å². The molecule has 6 heteroatoms. The van der Waals surface area contributed by atoms with E-state index in [2.05, 4.69) is 24.1 Å². The average molecular weight is 279 g/mol. The Morgan fingerprint density at radius 2 is 2.10 bits per heavy atom. The van der Waals surface area contributed by atoms with Gasteiger partial charge in [0.2, 0.25) is 5.91 Å². The summed E-state index contributed by atoms with van der Waals surface area (Å²) in [5.41, 5.74) is 6.08. The molecule has 6 nitrogen and oxygen atoms in total. The van der Waals surface area contributed by atoms with Crippen LogP contribution in [0.3, 0.4) is 0 Å². The first-order chi connectivity index (χ1) is 9.42. The molecule has 1 heterocycles. The number of carboxylic acids is 1. The Balaban J connectivity index is 2.61. The number of carboxylic acid groups (broad SMARTS) is 1. The van der Waals surface area contributed by atoms with E-state index >= 15 is 0 Å². The van der Waals surface area contributed by atoms with Crippen molar-refractivity contribution in [3.8, 4) is 0 Å². The van der Waals surface area contributed by atoms with E-state index in [0.29, 0.717) is 24.6 Å². The SMILES string of the molecule is CC(C)CC(CN)CC(=O)Nc1cncc(C(=O)O)c1. The number of rotatable bonds is 7. The quantitative estimate of drug-likeness (QED) is 0.705. The molecule has 1 rings (SSSR count). The second-order valence-electron chi connectivity index (χ2n) is 5.25. The summed E-state index contributed by atoms with van der Waals surface area (Å²) in [5, 5.41) is 11.5. The molecule has 1 aromatic rings. The van der Waals surface area contributed by atoms with Gasteiger partial charge in [0.15, 0.2) is 0 Å². The van der Waals surface area contributed by atoms with Gasteiger partial charge in [-0.05, 0) is 30.9 Å². The Hall–Kier alpha value is -1.95. The zero-order valence-electron chi connectivity index (χ0n) is 11.8. The first-order valence-corrected chi connectivity index (χ1v) is 6.60. The van der Waals surface area contributed by atoms with E-state index in [1.54, 1.807) is 0 Å². The first-order valence-electron chi connectivity index (χ1n) is 6.60. The van der Waals surface area contributed by atoms with Crippen molar-refractivity contribution in [1.29, 1.82) is 0 Å². The van der Waals surface area contributed by atoms with E-state index in [-0.39, 0.29) is 17.4 Å². The minimum absolute atomic E-state index is 0.0420. The number of nitrogens with one attached hydrogen (secondary N) is 1. The lowest BCUT2D eigenvalue weighted by Crippen LogP contribution is -2.23. The van der Waals surface area contributed by atoms with E-state index in [4.69, 9.17) is 10.8 Å². The number of pyridine rings is 1. The molecule has 0 bridgehead atoms. The van der Waals surface area contributed by atoms with Crippen molar-refractivity contribution in [2.45, 2.75) is 26.7 Å². The first kappa shape index (κ1) is 16.1. The number of hydrogen-bond acceptors (Lipinski definition) is 4. The summed E-state index contributed by atoms with van der Waals surface area (Å²) >= 11 is 0. The third-order valence-corrected chi connectivity index (χ3v) is 2.88. The van der Waals surface area contributed by atoms with E-state index in [1.165, 1.54) is 18.5 Å². The summed E-state index contributed by atoms with van der Waals surface area (Å²) in [4.78, 5) is 26.5. The lowest BCUT2D eigenvalue weighted by Gasteiger charge is -2.16. The van der Waals surface area contributed by atoms with Crippen molar-refractivity contribution >= 4 is 17.6 Å². The number of anilines is 1. The Kier molecular flexibility index (Phi) is 6.11. The summed E-state index contributed by atoms with van der Waals surface area (Å²) in [6, 6.07) is 1.38. The number of carbonyl (C=O) groups excluding carboxylic acids is 1. The Labute approximate surface area is 118 Å². The smallest absolute Gasteiger partial charge is 0.337 e. The largest absolute Gasteiger partial charge is 0.478 e. The van der Waals surface area contributed by atoms with Gasteiger partial charge in [-0.15, -0.1) is 0 Å². The molecule has 0 aliphatic carbocycles. The van der Waals surface area contributed by atoms with E-state index in [9.17, 15) is 9.59 Å². The lowest BCUT2D eigenvalue weighted by atomic mass is 9.94. The zero-order valence-corrected chi connectivity index (χ0v) is 11.8. The Morgan fingerprint density at radius 1 is 1.40 bits per heavy atom. The summed E-state index contributed by atoms with van der Waals surface area (Å²) in [6.45, 7) is 4.63. The van der Waals surface area contributed by atoms with Gasteiger partial charge < -0.3 is 16.2 Å². The van der Waals surface area contributed by atoms with Crippen LogP contribution in [0.1, 0.15) is 37.0 Å². The monoisotopic (exact) mass is 279 g/mol. The van der Waals surface area contributed by atoms with Crippen molar-refractivity contribution in [3.63, 3.8) is 0 Å². The van der Waals surface area contributed by atoms with Crippen molar-refractivity contribution in [3.05, 3.63) is 24.0 Å². The van der Waals surface area contributed by atoms with Gasteiger partial charge in [0, 0.05) is 12.6 Å².